The van der Waals surface area contributed by atoms with Crippen molar-refractivity contribution in [2.24, 2.45) is 0 Å². The minimum Gasteiger partial charge on any atom is -0.373 e. The van der Waals surface area contributed by atoms with Gasteiger partial charge >= 0.3 is 0 Å². The molecule has 0 spiro atoms. The fourth-order valence-corrected chi connectivity index (χ4v) is 2.05. The van der Waals surface area contributed by atoms with Crippen LogP contribution in [0, 0.1) is 0 Å². The molecule has 3 heteroatoms. The molecule has 0 bridgehead atoms. The van der Waals surface area contributed by atoms with Crippen LogP contribution in [0.25, 0.3) is 21.9 Å². The molecule has 2 heterocycles. The Morgan fingerprint density at radius 2 is 1.83 bits per heavy atom. The predicted octanol–water partition coefficient (Wildman–Crippen LogP) is 3.34. The van der Waals surface area contributed by atoms with Crippen molar-refractivity contribution >= 4 is 16.6 Å². The van der Waals surface area contributed by atoms with E-state index in [1.165, 1.54) is 5.39 Å². The summed E-state index contributed by atoms with van der Waals surface area (Å²) >= 11 is 0. The molecule has 0 radical (unpaired) electrons. The summed E-state index contributed by atoms with van der Waals surface area (Å²) in [6.07, 6.45) is 5.64. The highest BCUT2D eigenvalue weighted by Gasteiger charge is 2.04. The van der Waals surface area contributed by atoms with Crippen LogP contribution >= 0.6 is 0 Å². The van der Waals surface area contributed by atoms with Crippen molar-refractivity contribution in [3.63, 3.8) is 0 Å². The van der Waals surface area contributed by atoms with Gasteiger partial charge in [0.25, 0.3) is 0 Å². The van der Waals surface area contributed by atoms with Gasteiger partial charge < -0.3 is 5.32 Å². The largest absolute Gasteiger partial charge is 0.373 e. The summed E-state index contributed by atoms with van der Waals surface area (Å²) in [6.45, 7) is 0. The van der Waals surface area contributed by atoms with E-state index >= 15 is 0 Å². The summed E-state index contributed by atoms with van der Waals surface area (Å²) in [5.74, 6) is 0.868. The second-order valence-electron chi connectivity index (χ2n) is 4.09. The Labute approximate surface area is 106 Å². The maximum absolute atomic E-state index is 4.34. The van der Waals surface area contributed by atoms with Crippen LogP contribution in [-0.2, 0) is 0 Å². The molecule has 3 aromatic rings. The average molecular weight is 235 g/mol. The van der Waals surface area contributed by atoms with E-state index in [0.717, 1.165) is 22.3 Å². The van der Waals surface area contributed by atoms with Gasteiger partial charge in [-0.3, -0.25) is 4.98 Å². The lowest BCUT2D eigenvalue weighted by Crippen LogP contribution is -1.91. The Balaban J connectivity index is 2.18. The van der Waals surface area contributed by atoms with Crippen molar-refractivity contribution in [3.05, 3.63) is 55.0 Å². The van der Waals surface area contributed by atoms with Gasteiger partial charge in [0.2, 0.25) is 0 Å². The third kappa shape index (κ3) is 1.80. The minimum atomic E-state index is 0.868. The molecule has 0 unspecified atom stereocenters. The predicted molar refractivity (Wildman–Crippen MR) is 74.5 cm³/mol. The van der Waals surface area contributed by atoms with Crippen molar-refractivity contribution in [2.75, 3.05) is 12.4 Å². The average Bonchev–Trinajstić information content (AvgIpc) is 2.47. The molecular formula is C15H13N3. The normalized spacial score (nSPS) is 10.5. The van der Waals surface area contributed by atoms with Crippen molar-refractivity contribution in [1.29, 1.82) is 0 Å². The number of nitrogens with zero attached hydrogens (tertiary/aromatic N) is 2. The van der Waals surface area contributed by atoms with Crippen molar-refractivity contribution in [3.8, 4) is 11.1 Å². The van der Waals surface area contributed by atoms with Crippen LogP contribution in [-0.4, -0.2) is 17.0 Å². The van der Waals surface area contributed by atoms with Crippen LogP contribution < -0.4 is 5.32 Å². The van der Waals surface area contributed by atoms with E-state index in [1.807, 2.05) is 43.8 Å². The maximum Gasteiger partial charge on any atom is 0.125 e. The zero-order valence-electron chi connectivity index (χ0n) is 10.1. The van der Waals surface area contributed by atoms with Gasteiger partial charge in [-0.05, 0) is 17.5 Å². The highest BCUT2D eigenvalue weighted by Crippen LogP contribution is 2.27. The van der Waals surface area contributed by atoms with Crippen molar-refractivity contribution in [1.82, 2.24) is 9.97 Å². The van der Waals surface area contributed by atoms with Crippen molar-refractivity contribution < 1.29 is 0 Å². The van der Waals surface area contributed by atoms with Gasteiger partial charge in [-0.25, -0.2) is 4.98 Å². The first kappa shape index (κ1) is 10.7. The third-order valence-electron chi connectivity index (χ3n) is 3.00. The fraction of sp³-hybridized carbons (Fsp3) is 0.0667. The molecule has 0 atom stereocenters. The highest BCUT2D eigenvalue weighted by atomic mass is 14.9. The molecule has 0 saturated heterocycles. The number of anilines is 1. The molecule has 88 valence electrons. The van der Waals surface area contributed by atoms with E-state index in [1.54, 1.807) is 0 Å². The molecule has 0 saturated carbocycles. The monoisotopic (exact) mass is 235 g/mol. The third-order valence-corrected chi connectivity index (χ3v) is 3.00. The molecule has 0 aliphatic rings. The second kappa shape index (κ2) is 4.45. The van der Waals surface area contributed by atoms with Crippen LogP contribution in [0.2, 0.25) is 0 Å². The molecule has 0 aliphatic heterocycles. The summed E-state index contributed by atoms with van der Waals surface area (Å²) < 4.78 is 0. The number of rotatable bonds is 2. The Bertz CT molecular complexity index is 669. The molecule has 1 aromatic carbocycles. The Morgan fingerprint density at radius 3 is 2.61 bits per heavy atom. The Morgan fingerprint density at radius 1 is 0.944 bits per heavy atom. The molecule has 18 heavy (non-hydrogen) atoms. The summed E-state index contributed by atoms with van der Waals surface area (Å²) in [5, 5.41) is 5.36. The number of hydrogen-bond donors (Lipinski definition) is 1. The van der Waals surface area contributed by atoms with Gasteiger partial charge in [0.05, 0.1) is 0 Å². The van der Waals surface area contributed by atoms with Gasteiger partial charge in [0.1, 0.15) is 5.82 Å². The van der Waals surface area contributed by atoms with Crippen LogP contribution in [0.3, 0.4) is 0 Å². The molecule has 0 aliphatic carbocycles. The number of aromatic nitrogens is 2. The van der Waals surface area contributed by atoms with Gasteiger partial charge in [-0.15, -0.1) is 0 Å². The lowest BCUT2D eigenvalue weighted by molar-refractivity contribution is 1.28. The minimum absolute atomic E-state index is 0.868. The first-order chi connectivity index (χ1) is 8.88. The summed E-state index contributed by atoms with van der Waals surface area (Å²) in [7, 11) is 1.86. The summed E-state index contributed by atoms with van der Waals surface area (Å²) in [4.78, 5) is 8.63. The van der Waals surface area contributed by atoms with E-state index in [4.69, 9.17) is 0 Å². The van der Waals surface area contributed by atoms with Gasteiger partial charge in [0.15, 0.2) is 0 Å². The second-order valence-corrected chi connectivity index (χ2v) is 4.09. The zero-order valence-corrected chi connectivity index (χ0v) is 10.1. The molecule has 2 aromatic heterocycles. The van der Waals surface area contributed by atoms with E-state index in [-0.39, 0.29) is 0 Å². The molecule has 0 amide bonds. The zero-order chi connectivity index (χ0) is 12.4. The summed E-state index contributed by atoms with van der Waals surface area (Å²) in [5.41, 5.74) is 2.20. The molecule has 1 N–H and O–H groups in total. The number of benzene rings is 1. The van der Waals surface area contributed by atoms with E-state index in [9.17, 15) is 0 Å². The first-order valence-electron chi connectivity index (χ1n) is 5.85. The van der Waals surface area contributed by atoms with Gasteiger partial charge in [-0.2, -0.15) is 0 Å². The number of nitrogens with one attached hydrogen (secondary N) is 1. The summed E-state index contributed by atoms with van der Waals surface area (Å²) in [6, 6.07) is 12.3. The first-order valence-corrected chi connectivity index (χ1v) is 5.85. The smallest absolute Gasteiger partial charge is 0.125 e. The van der Waals surface area contributed by atoms with Crippen LogP contribution in [0.5, 0.6) is 0 Å². The van der Waals surface area contributed by atoms with E-state index < -0.39 is 0 Å². The number of hydrogen-bond acceptors (Lipinski definition) is 3. The van der Waals surface area contributed by atoms with Crippen LogP contribution in [0.4, 0.5) is 5.82 Å². The van der Waals surface area contributed by atoms with E-state index in [0.29, 0.717) is 0 Å². The van der Waals surface area contributed by atoms with Gasteiger partial charge in [-0.1, -0.05) is 24.3 Å². The molecule has 3 nitrogen and oxygen atoms in total. The van der Waals surface area contributed by atoms with E-state index in [2.05, 4.69) is 33.5 Å². The number of fused-ring (bicyclic) bond motifs is 1. The topological polar surface area (TPSA) is 37.8 Å². The Kier molecular flexibility index (Phi) is 2.65. The lowest BCUT2D eigenvalue weighted by Gasteiger charge is -2.06. The fourth-order valence-electron chi connectivity index (χ4n) is 2.05. The van der Waals surface area contributed by atoms with Crippen LogP contribution in [0.15, 0.2) is 55.0 Å². The Hall–Kier alpha value is -2.42. The molecule has 3 rings (SSSR count). The number of pyridine rings is 2. The maximum atomic E-state index is 4.34. The lowest BCUT2D eigenvalue weighted by atomic mass is 10.0. The highest BCUT2D eigenvalue weighted by molar-refractivity contribution is 5.95. The molecular weight excluding hydrogens is 222 g/mol. The quantitative estimate of drug-likeness (QED) is 0.740. The van der Waals surface area contributed by atoms with Crippen LogP contribution in [0.1, 0.15) is 0 Å². The van der Waals surface area contributed by atoms with Gasteiger partial charge in [0, 0.05) is 42.2 Å². The van der Waals surface area contributed by atoms with Crippen molar-refractivity contribution in [2.45, 2.75) is 0 Å². The SMILES string of the molecule is CNc1ccc(-c2cncc3ccccc23)cn1. The standard InChI is InChI=1S/C15H13N3/c1-16-15-7-6-12(9-18-15)14-10-17-8-11-4-2-3-5-13(11)14/h2-10H,1H3,(H,16,18). The molecule has 0 fully saturated rings.